The summed E-state index contributed by atoms with van der Waals surface area (Å²) in [7, 11) is 0. The molecule has 2 aliphatic heterocycles. The monoisotopic (exact) mass is 483 g/mol. The van der Waals surface area contributed by atoms with Gasteiger partial charge in [0.15, 0.2) is 17.3 Å². The third kappa shape index (κ3) is 5.02. The van der Waals surface area contributed by atoms with Crippen molar-refractivity contribution in [3.63, 3.8) is 0 Å². The maximum absolute atomic E-state index is 13.2. The lowest BCUT2D eigenvalue weighted by molar-refractivity contribution is 0.0935. The molecule has 0 bridgehead atoms. The van der Waals surface area contributed by atoms with E-state index in [0.29, 0.717) is 18.2 Å². The number of aromatic nitrogens is 2. The summed E-state index contributed by atoms with van der Waals surface area (Å²) in [5.74, 6) is 0.111. The first-order valence-electron chi connectivity index (χ1n) is 11.3. The van der Waals surface area contributed by atoms with Crippen molar-refractivity contribution >= 4 is 35.4 Å². The van der Waals surface area contributed by atoms with Gasteiger partial charge in [-0.1, -0.05) is 36.4 Å². The van der Waals surface area contributed by atoms with E-state index in [4.69, 9.17) is 0 Å². The highest BCUT2D eigenvalue weighted by molar-refractivity contribution is 6.21. The molecule has 180 valence electrons. The van der Waals surface area contributed by atoms with Gasteiger partial charge in [-0.2, -0.15) is 4.99 Å². The number of carbonyl (C=O) groups is 2. The number of aliphatic imine (C=N–C) groups is 2. The number of carbonyl (C=O) groups excluding carboxylic acids is 2. The van der Waals surface area contributed by atoms with Gasteiger partial charge in [-0.3, -0.25) is 4.79 Å². The van der Waals surface area contributed by atoms with E-state index in [1.807, 2.05) is 37.3 Å². The maximum atomic E-state index is 13.2. The Labute approximate surface area is 206 Å². The molecule has 0 aliphatic carbocycles. The third-order valence-electron chi connectivity index (χ3n) is 5.83. The van der Waals surface area contributed by atoms with Crippen LogP contribution < -0.4 is 16.0 Å². The summed E-state index contributed by atoms with van der Waals surface area (Å²) in [6, 6.07) is 12.8. The molecule has 3 N–H and O–H groups in total. The van der Waals surface area contributed by atoms with Crippen LogP contribution in [0.5, 0.6) is 0 Å². The Hall–Kier alpha value is -4.73. The number of rotatable bonds is 7. The first-order chi connectivity index (χ1) is 17.5. The second-order valence-corrected chi connectivity index (χ2v) is 8.33. The van der Waals surface area contributed by atoms with Gasteiger partial charge in [-0.25, -0.2) is 24.1 Å². The van der Waals surface area contributed by atoms with Crippen LogP contribution in [0.25, 0.3) is 5.57 Å². The van der Waals surface area contributed by atoms with Crippen molar-refractivity contribution in [2.75, 3.05) is 5.32 Å². The van der Waals surface area contributed by atoms with Crippen LogP contribution >= 0.6 is 0 Å². The molecule has 10 heteroatoms. The van der Waals surface area contributed by atoms with Crippen LogP contribution in [0, 0.1) is 5.82 Å². The van der Waals surface area contributed by atoms with Crippen LogP contribution in [0.3, 0.4) is 0 Å². The van der Waals surface area contributed by atoms with Gasteiger partial charge < -0.3 is 16.0 Å². The van der Waals surface area contributed by atoms with Crippen LogP contribution in [0.15, 0.2) is 77.0 Å². The number of allylic oxidation sites excluding steroid dienone is 1. The molecule has 0 spiro atoms. The number of fused-ring (bicyclic) bond motifs is 1. The van der Waals surface area contributed by atoms with Crippen molar-refractivity contribution in [2.45, 2.75) is 25.6 Å². The molecule has 3 amide bonds. The Kier molecular flexibility index (Phi) is 6.31. The van der Waals surface area contributed by atoms with Crippen molar-refractivity contribution in [3.8, 4) is 0 Å². The highest BCUT2D eigenvalue weighted by Gasteiger charge is 2.26. The van der Waals surface area contributed by atoms with Gasteiger partial charge in [0.25, 0.3) is 5.91 Å². The molecular weight excluding hydrogens is 461 g/mol. The smallest absolute Gasteiger partial charge is 0.343 e. The summed E-state index contributed by atoms with van der Waals surface area (Å²) in [6.45, 7) is 2.24. The maximum Gasteiger partial charge on any atom is 0.343 e. The van der Waals surface area contributed by atoms with E-state index in [0.717, 1.165) is 22.3 Å². The Morgan fingerprint density at radius 2 is 1.83 bits per heavy atom. The van der Waals surface area contributed by atoms with Crippen molar-refractivity contribution in [1.82, 2.24) is 20.6 Å². The molecule has 2 atom stereocenters. The number of amides is 3. The number of nitrogens with one attached hydrogen (secondary N) is 3. The third-order valence-corrected chi connectivity index (χ3v) is 5.83. The van der Waals surface area contributed by atoms with Crippen LogP contribution in [-0.4, -0.2) is 40.0 Å². The summed E-state index contributed by atoms with van der Waals surface area (Å²) in [5.41, 5.74) is 3.77. The van der Waals surface area contributed by atoms with Crippen molar-refractivity contribution < 1.29 is 14.0 Å². The predicted molar refractivity (Wildman–Crippen MR) is 134 cm³/mol. The average molecular weight is 484 g/mol. The number of hydrogen-bond donors (Lipinski definition) is 3. The molecule has 36 heavy (non-hydrogen) atoms. The van der Waals surface area contributed by atoms with Crippen LogP contribution in [0.2, 0.25) is 0 Å². The number of dihydropyridines is 1. The molecule has 9 nitrogen and oxygen atoms in total. The van der Waals surface area contributed by atoms with Gasteiger partial charge in [-0.05, 0) is 47.4 Å². The lowest BCUT2D eigenvalue weighted by Gasteiger charge is -2.16. The van der Waals surface area contributed by atoms with Gasteiger partial charge in [-0.15, -0.1) is 0 Å². The molecule has 0 fully saturated rings. The van der Waals surface area contributed by atoms with E-state index in [1.54, 1.807) is 18.3 Å². The molecule has 3 aromatic rings. The molecule has 1 aromatic heterocycles. The standard InChI is InChI=1S/C26H22FN7O2/c1-15(17-6-8-20(27)9-7-17)32-25(35)22-24(29-11-10-28-22)30-13-16-2-4-18(5-3-16)19-12-21-23(31-14-19)34-26(36)33-21/h2-12,14-15,21H,13H2,1H3,(H,29,30)(H,32,35)(H,33,36)/t15-,21?/m0/s1. The van der Waals surface area contributed by atoms with Crippen LogP contribution in [0.4, 0.5) is 15.0 Å². The number of benzene rings is 2. The Balaban J connectivity index is 1.23. The Bertz CT molecular complexity index is 1400. The van der Waals surface area contributed by atoms with E-state index in [2.05, 4.69) is 35.9 Å². The summed E-state index contributed by atoms with van der Waals surface area (Å²) in [6.07, 6.45) is 6.58. The average Bonchev–Trinajstić information content (AvgIpc) is 3.27. The number of amidine groups is 1. The van der Waals surface area contributed by atoms with Crippen LogP contribution in [-0.2, 0) is 6.54 Å². The number of halogens is 1. The highest BCUT2D eigenvalue weighted by Crippen LogP contribution is 2.21. The van der Waals surface area contributed by atoms with E-state index in [9.17, 15) is 14.0 Å². The number of urea groups is 1. The van der Waals surface area contributed by atoms with Crippen molar-refractivity contribution in [2.24, 2.45) is 9.98 Å². The minimum atomic E-state index is -0.386. The predicted octanol–water partition coefficient (Wildman–Crippen LogP) is 3.68. The zero-order chi connectivity index (χ0) is 25.1. The molecule has 1 unspecified atom stereocenters. The molecule has 2 aromatic carbocycles. The minimum absolute atomic E-state index is 0.169. The van der Waals surface area contributed by atoms with Crippen molar-refractivity contribution in [3.05, 3.63) is 95.2 Å². The lowest BCUT2D eigenvalue weighted by atomic mass is 10.0. The molecule has 5 rings (SSSR count). The first-order valence-corrected chi connectivity index (χ1v) is 11.3. The van der Waals surface area contributed by atoms with Gasteiger partial charge in [0.2, 0.25) is 0 Å². The molecule has 2 aliphatic rings. The van der Waals surface area contributed by atoms with Crippen LogP contribution in [0.1, 0.15) is 40.1 Å². The minimum Gasteiger partial charge on any atom is -0.364 e. The number of hydrogen-bond acceptors (Lipinski definition) is 6. The van der Waals surface area contributed by atoms with E-state index < -0.39 is 0 Å². The van der Waals surface area contributed by atoms with E-state index in [-0.39, 0.29) is 35.5 Å². The summed E-state index contributed by atoms with van der Waals surface area (Å²) >= 11 is 0. The topological polar surface area (TPSA) is 121 Å². The molecular formula is C26H22FN7O2. The van der Waals surface area contributed by atoms with Gasteiger partial charge in [0.1, 0.15) is 11.9 Å². The number of nitrogens with zero attached hydrogens (tertiary/aromatic N) is 4. The normalized spacial score (nSPS) is 16.9. The lowest BCUT2D eigenvalue weighted by Crippen LogP contribution is -2.31. The molecule has 0 saturated heterocycles. The first kappa shape index (κ1) is 23.0. The highest BCUT2D eigenvalue weighted by atomic mass is 19.1. The zero-order valence-electron chi connectivity index (χ0n) is 19.3. The molecule has 0 radical (unpaired) electrons. The quantitative estimate of drug-likeness (QED) is 0.474. The van der Waals surface area contributed by atoms with Crippen molar-refractivity contribution in [1.29, 1.82) is 0 Å². The fourth-order valence-corrected chi connectivity index (χ4v) is 3.89. The van der Waals surface area contributed by atoms with Gasteiger partial charge in [0, 0.05) is 25.2 Å². The summed E-state index contributed by atoms with van der Waals surface area (Å²) < 4.78 is 13.2. The summed E-state index contributed by atoms with van der Waals surface area (Å²) in [5, 5.41) is 8.79. The number of anilines is 1. The fraction of sp³-hybridized carbons (Fsp3) is 0.154. The largest absolute Gasteiger partial charge is 0.364 e. The molecule has 3 heterocycles. The second kappa shape index (κ2) is 9.87. The summed E-state index contributed by atoms with van der Waals surface area (Å²) in [4.78, 5) is 40.9. The van der Waals surface area contributed by atoms with E-state index >= 15 is 0 Å². The second-order valence-electron chi connectivity index (χ2n) is 8.33. The van der Waals surface area contributed by atoms with Gasteiger partial charge >= 0.3 is 6.03 Å². The zero-order valence-corrected chi connectivity index (χ0v) is 19.3. The van der Waals surface area contributed by atoms with Gasteiger partial charge in [0.05, 0.1) is 6.04 Å². The van der Waals surface area contributed by atoms with E-state index in [1.165, 1.54) is 24.5 Å². The Morgan fingerprint density at radius 1 is 1.08 bits per heavy atom. The SMILES string of the molecule is C[C@H](NC(=O)c1nccnc1NCc1ccc(C2=CC3NC(=O)N=C3N=C2)cc1)c1ccc(F)cc1. The molecule has 0 saturated carbocycles. The fourth-order valence-electron chi connectivity index (χ4n) is 3.89. The Morgan fingerprint density at radius 3 is 2.61 bits per heavy atom.